The van der Waals surface area contributed by atoms with Crippen LogP contribution in [0.25, 0.3) is 0 Å². The van der Waals surface area contributed by atoms with Crippen LogP contribution in [0.15, 0.2) is 35.3 Å². The molecule has 0 saturated heterocycles. The van der Waals surface area contributed by atoms with Crippen LogP contribution in [-0.2, 0) is 0 Å². The van der Waals surface area contributed by atoms with Gasteiger partial charge in [-0.1, -0.05) is 30.3 Å². The van der Waals surface area contributed by atoms with Crippen molar-refractivity contribution in [3.8, 4) is 0 Å². The minimum atomic E-state index is -5.61. The SMILES string of the molecule is C/C(=N\C(C)c1ccccc1)C(F)(F)C(F)(F)F. The number of hydrogen-bond acceptors (Lipinski definition) is 1. The van der Waals surface area contributed by atoms with Crippen molar-refractivity contribution in [1.29, 1.82) is 0 Å². The fraction of sp³-hybridized carbons (Fsp3) is 0.417. The van der Waals surface area contributed by atoms with Gasteiger partial charge in [-0.05, 0) is 19.4 Å². The Morgan fingerprint density at radius 3 is 2.00 bits per heavy atom. The Bertz CT molecular complexity index is 422. The van der Waals surface area contributed by atoms with E-state index < -0.39 is 23.9 Å². The van der Waals surface area contributed by atoms with E-state index >= 15 is 0 Å². The van der Waals surface area contributed by atoms with Crippen LogP contribution in [0.2, 0.25) is 0 Å². The van der Waals surface area contributed by atoms with E-state index in [0.717, 1.165) is 0 Å². The maximum atomic E-state index is 12.9. The van der Waals surface area contributed by atoms with Crippen molar-refractivity contribution < 1.29 is 22.0 Å². The smallest absolute Gasteiger partial charge is 0.280 e. The molecule has 1 rings (SSSR count). The molecular formula is C12H12F5N. The molecule has 0 aliphatic carbocycles. The van der Waals surface area contributed by atoms with Crippen LogP contribution in [-0.4, -0.2) is 17.8 Å². The van der Waals surface area contributed by atoms with Gasteiger partial charge in [0.2, 0.25) is 0 Å². The molecule has 1 aromatic carbocycles. The molecule has 0 aromatic heterocycles. The van der Waals surface area contributed by atoms with Gasteiger partial charge in [0.15, 0.2) is 0 Å². The van der Waals surface area contributed by atoms with E-state index in [9.17, 15) is 22.0 Å². The van der Waals surface area contributed by atoms with Crippen LogP contribution in [0.3, 0.4) is 0 Å². The maximum Gasteiger partial charge on any atom is 0.459 e. The highest BCUT2D eigenvalue weighted by Crippen LogP contribution is 2.37. The highest BCUT2D eigenvalue weighted by Gasteiger charge is 2.59. The number of rotatable bonds is 3. The summed E-state index contributed by atoms with van der Waals surface area (Å²) in [6.45, 7) is 2.15. The van der Waals surface area contributed by atoms with Gasteiger partial charge in [0.25, 0.3) is 0 Å². The lowest BCUT2D eigenvalue weighted by Gasteiger charge is -2.20. The zero-order valence-electron chi connectivity index (χ0n) is 9.80. The van der Waals surface area contributed by atoms with E-state index in [1.54, 1.807) is 30.3 Å². The van der Waals surface area contributed by atoms with Crippen LogP contribution in [0, 0.1) is 0 Å². The van der Waals surface area contributed by atoms with Crippen LogP contribution in [0.1, 0.15) is 25.5 Å². The average Bonchev–Trinajstić information content (AvgIpc) is 2.28. The standard InChI is InChI=1S/C12H12F5N/c1-8(10-6-4-3-5-7-10)18-9(2)11(13,14)12(15,16)17/h3-8H,1-2H3/b18-9+. The van der Waals surface area contributed by atoms with Gasteiger partial charge in [-0.3, -0.25) is 4.99 Å². The van der Waals surface area contributed by atoms with Gasteiger partial charge < -0.3 is 0 Å². The molecule has 0 saturated carbocycles. The van der Waals surface area contributed by atoms with E-state index in [1.165, 1.54) is 6.92 Å². The van der Waals surface area contributed by atoms with Crippen LogP contribution >= 0.6 is 0 Å². The number of halogens is 5. The van der Waals surface area contributed by atoms with Crippen LogP contribution < -0.4 is 0 Å². The minimum absolute atomic E-state index is 0.579. The van der Waals surface area contributed by atoms with E-state index in [1.807, 2.05) is 0 Å². The van der Waals surface area contributed by atoms with Crippen molar-refractivity contribution >= 4 is 5.71 Å². The van der Waals surface area contributed by atoms with Gasteiger partial charge in [0.05, 0.1) is 11.8 Å². The lowest BCUT2D eigenvalue weighted by atomic mass is 10.1. The average molecular weight is 265 g/mol. The molecule has 1 unspecified atom stereocenters. The molecule has 0 radical (unpaired) electrons. The first-order valence-corrected chi connectivity index (χ1v) is 5.20. The molecule has 0 aliphatic heterocycles. The highest BCUT2D eigenvalue weighted by atomic mass is 19.4. The number of nitrogens with zero attached hydrogens (tertiary/aromatic N) is 1. The predicted molar refractivity (Wildman–Crippen MR) is 59.0 cm³/mol. The Morgan fingerprint density at radius 1 is 1.06 bits per heavy atom. The van der Waals surface area contributed by atoms with Gasteiger partial charge >= 0.3 is 12.1 Å². The fourth-order valence-electron chi connectivity index (χ4n) is 1.38. The van der Waals surface area contributed by atoms with Gasteiger partial charge in [0.1, 0.15) is 0 Å². The Balaban J connectivity index is 2.97. The molecule has 0 N–H and O–H groups in total. The first-order chi connectivity index (χ1) is 8.16. The Labute approximate surface area is 101 Å². The number of benzene rings is 1. The summed E-state index contributed by atoms with van der Waals surface area (Å²) in [4.78, 5) is 3.43. The number of alkyl halides is 5. The molecule has 1 nitrogen and oxygen atoms in total. The molecule has 0 aliphatic rings. The Morgan fingerprint density at radius 2 is 1.56 bits per heavy atom. The van der Waals surface area contributed by atoms with Gasteiger partial charge in [0, 0.05) is 0 Å². The molecule has 6 heteroatoms. The molecule has 0 amide bonds. The Kier molecular flexibility index (Phi) is 4.09. The third-order valence-corrected chi connectivity index (χ3v) is 2.48. The van der Waals surface area contributed by atoms with Crippen molar-refractivity contribution in [3.05, 3.63) is 35.9 Å². The third-order valence-electron chi connectivity index (χ3n) is 2.48. The van der Waals surface area contributed by atoms with Crippen molar-refractivity contribution in [1.82, 2.24) is 0 Å². The second-order valence-electron chi connectivity index (χ2n) is 3.87. The molecule has 0 heterocycles. The zero-order chi connectivity index (χ0) is 14.0. The molecule has 0 fully saturated rings. The monoisotopic (exact) mass is 265 g/mol. The first-order valence-electron chi connectivity index (χ1n) is 5.20. The second-order valence-corrected chi connectivity index (χ2v) is 3.87. The van der Waals surface area contributed by atoms with Crippen molar-refractivity contribution in [3.63, 3.8) is 0 Å². The van der Waals surface area contributed by atoms with Gasteiger partial charge in [-0.25, -0.2) is 0 Å². The molecule has 18 heavy (non-hydrogen) atoms. The Hall–Kier alpha value is -1.46. The quantitative estimate of drug-likeness (QED) is 0.567. The van der Waals surface area contributed by atoms with Crippen molar-refractivity contribution in [2.45, 2.75) is 32.0 Å². The second kappa shape index (κ2) is 5.04. The summed E-state index contributed by atoms with van der Waals surface area (Å²) in [6, 6.07) is 7.54. The molecule has 1 aromatic rings. The van der Waals surface area contributed by atoms with E-state index in [4.69, 9.17) is 0 Å². The zero-order valence-corrected chi connectivity index (χ0v) is 9.80. The van der Waals surface area contributed by atoms with Crippen molar-refractivity contribution in [2.24, 2.45) is 4.99 Å². The number of aliphatic imine (C=N–C) groups is 1. The summed E-state index contributed by atoms with van der Waals surface area (Å²) < 4.78 is 62.2. The summed E-state index contributed by atoms with van der Waals surface area (Å²) in [5, 5.41) is 0. The first kappa shape index (κ1) is 14.6. The van der Waals surface area contributed by atoms with Crippen LogP contribution in [0.4, 0.5) is 22.0 Å². The van der Waals surface area contributed by atoms with Gasteiger partial charge in [-0.15, -0.1) is 0 Å². The molecule has 0 bridgehead atoms. The molecule has 1 atom stereocenters. The maximum absolute atomic E-state index is 12.9. The largest absolute Gasteiger partial charge is 0.459 e. The lowest BCUT2D eigenvalue weighted by molar-refractivity contribution is -0.249. The highest BCUT2D eigenvalue weighted by molar-refractivity contribution is 5.89. The summed E-state index contributed by atoms with van der Waals surface area (Å²) in [7, 11) is 0. The van der Waals surface area contributed by atoms with Crippen molar-refractivity contribution in [2.75, 3.05) is 0 Å². The molecular weight excluding hydrogens is 253 g/mol. The van der Waals surface area contributed by atoms with E-state index in [2.05, 4.69) is 4.99 Å². The third kappa shape index (κ3) is 3.05. The topological polar surface area (TPSA) is 12.4 Å². The van der Waals surface area contributed by atoms with E-state index in [-0.39, 0.29) is 0 Å². The molecule has 0 spiro atoms. The van der Waals surface area contributed by atoms with Crippen LogP contribution in [0.5, 0.6) is 0 Å². The summed E-state index contributed by atoms with van der Waals surface area (Å²) in [6.07, 6.45) is -5.61. The summed E-state index contributed by atoms with van der Waals surface area (Å²) >= 11 is 0. The van der Waals surface area contributed by atoms with E-state index in [0.29, 0.717) is 12.5 Å². The summed E-state index contributed by atoms with van der Waals surface area (Å²) in [5.74, 6) is -4.89. The lowest BCUT2D eigenvalue weighted by Crippen LogP contribution is -2.43. The molecule has 100 valence electrons. The normalized spacial score (nSPS) is 15.6. The predicted octanol–water partition coefficient (Wildman–Crippen LogP) is 4.41. The number of hydrogen-bond donors (Lipinski definition) is 0. The fourth-order valence-corrected chi connectivity index (χ4v) is 1.38. The van der Waals surface area contributed by atoms with Gasteiger partial charge in [-0.2, -0.15) is 22.0 Å². The minimum Gasteiger partial charge on any atom is -0.280 e. The summed E-state index contributed by atoms with van der Waals surface area (Å²) in [5.41, 5.74) is -0.652.